The van der Waals surface area contributed by atoms with Gasteiger partial charge in [-0.15, -0.1) is 0 Å². The molecular formula is C24H32ClN3O3. The summed E-state index contributed by atoms with van der Waals surface area (Å²) in [5.74, 6) is 0.371. The van der Waals surface area contributed by atoms with Crippen LogP contribution in [0.3, 0.4) is 0 Å². The molecule has 7 heteroatoms. The quantitative estimate of drug-likeness (QED) is 0.700. The van der Waals surface area contributed by atoms with Crippen molar-refractivity contribution in [3.63, 3.8) is 0 Å². The zero-order chi connectivity index (χ0) is 22.7. The maximum absolute atomic E-state index is 12.9. The molecule has 1 fully saturated rings. The number of hydrogen-bond acceptors (Lipinski definition) is 4. The number of ether oxygens (including phenoxy) is 1. The summed E-state index contributed by atoms with van der Waals surface area (Å²) in [6.07, 6.45) is 4.26. The minimum Gasteiger partial charge on any atom is -0.490 e. The van der Waals surface area contributed by atoms with Gasteiger partial charge >= 0.3 is 0 Å². The maximum atomic E-state index is 12.9. The molecule has 0 bridgehead atoms. The number of nitrogens with zero attached hydrogens (tertiary/aromatic N) is 1. The number of aromatic nitrogens is 1. The zero-order valence-corrected chi connectivity index (χ0v) is 19.7. The number of hydrogen-bond donors (Lipinski definition) is 2. The number of pyridine rings is 1. The molecular weight excluding hydrogens is 414 g/mol. The fraction of sp³-hybridized carbons (Fsp3) is 0.500. The van der Waals surface area contributed by atoms with Gasteiger partial charge in [0.1, 0.15) is 5.75 Å². The van der Waals surface area contributed by atoms with Crippen molar-refractivity contribution in [2.75, 3.05) is 14.1 Å². The molecule has 6 nitrogen and oxygen atoms in total. The molecule has 1 aliphatic rings. The summed E-state index contributed by atoms with van der Waals surface area (Å²) < 4.78 is 6.26. The highest BCUT2D eigenvalue weighted by atomic mass is 35.5. The molecule has 1 saturated carbocycles. The molecule has 2 aromatic rings. The average molecular weight is 446 g/mol. The Kier molecular flexibility index (Phi) is 7.44. The molecule has 31 heavy (non-hydrogen) atoms. The monoisotopic (exact) mass is 445 g/mol. The Morgan fingerprint density at radius 2 is 1.84 bits per heavy atom. The van der Waals surface area contributed by atoms with E-state index in [-0.39, 0.29) is 24.0 Å². The van der Waals surface area contributed by atoms with Crippen LogP contribution in [0.15, 0.2) is 23.0 Å². The van der Waals surface area contributed by atoms with Crippen LogP contribution >= 0.6 is 11.6 Å². The van der Waals surface area contributed by atoms with Gasteiger partial charge in [-0.05, 0) is 72.7 Å². The van der Waals surface area contributed by atoms with Crippen LogP contribution in [0.2, 0.25) is 5.02 Å². The third kappa shape index (κ3) is 5.69. The van der Waals surface area contributed by atoms with E-state index in [1.165, 1.54) is 6.07 Å². The Hall–Kier alpha value is -2.31. The molecule has 1 amide bonds. The van der Waals surface area contributed by atoms with Crippen LogP contribution in [0, 0.1) is 20.8 Å². The lowest BCUT2D eigenvalue weighted by Crippen LogP contribution is -2.35. The van der Waals surface area contributed by atoms with Crippen molar-refractivity contribution < 1.29 is 9.53 Å². The van der Waals surface area contributed by atoms with E-state index < -0.39 is 0 Å². The summed E-state index contributed by atoms with van der Waals surface area (Å²) in [6, 6.07) is 5.56. The van der Waals surface area contributed by atoms with Gasteiger partial charge in [-0.1, -0.05) is 11.6 Å². The highest BCUT2D eigenvalue weighted by Gasteiger charge is 2.25. The van der Waals surface area contributed by atoms with E-state index in [0.717, 1.165) is 42.6 Å². The predicted octanol–water partition coefficient (Wildman–Crippen LogP) is 4.14. The van der Waals surface area contributed by atoms with Gasteiger partial charge in [0.2, 0.25) is 0 Å². The van der Waals surface area contributed by atoms with Crippen LogP contribution in [-0.2, 0) is 6.54 Å². The Labute approximate surface area is 188 Å². The second-order valence-electron chi connectivity index (χ2n) is 8.69. The summed E-state index contributed by atoms with van der Waals surface area (Å²) in [5, 5.41) is 3.31. The number of amides is 1. The van der Waals surface area contributed by atoms with Gasteiger partial charge in [0.05, 0.1) is 6.10 Å². The lowest BCUT2D eigenvalue weighted by atomic mass is 9.92. The summed E-state index contributed by atoms with van der Waals surface area (Å²) in [5.41, 5.74) is 3.23. The molecule has 0 unspecified atom stereocenters. The van der Waals surface area contributed by atoms with Gasteiger partial charge in [-0.25, -0.2) is 0 Å². The normalized spacial score (nSPS) is 18.8. The second-order valence-corrected chi connectivity index (χ2v) is 9.13. The van der Waals surface area contributed by atoms with E-state index in [4.69, 9.17) is 16.3 Å². The highest BCUT2D eigenvalue weighted by molar-refractivity contribution is 6.31. The van der Waals surface area contributed by atoms with E-state index in [1.54, 1.807) is 12.1 Å². The van der Waals surface area contributed by atoms with Gasteiger partial charge in [-0.3, -0.25) is 9.59 Å². The van der Waals surface area contributed by atoms with Crippen LogP contribution in [0.5, 0.6) is 5.75 Å². The number of H-pyrrole nitrogens is 1. The first-order valence-corrected chi connectivity index (χ1v) is 11.1. The van der Waals surface area contributed by atoms with E-state index in [0.29, 0.717) is 27.9 Å². The number of benzene rings is 1. The molecule has 1 aromatic carbocycles. The van der Waals surface area contributed by atoms with Crippen LogP contribution in [0.4, 0.5) is 0 Å². The van der Waals surface area contributed by atoms with Crippen molar-refractivity contribution in [3.05, 3.63) is 61.5 Å². The summed E-state index contributed by atoms with van der Waals surface area (Å²) in [6.45, 7) is 5.69. The molecule has 1 heterocycles. The Balaban J connectivity index is 1.71. The smallest absolute Gasteiger partial charge is 0.252 e. The van der Waals surface area contributed by atoms with Crippen molar-refractivity contribution in [1.29, 1.82) is 0 Å². The zero-order valence-electron chi connectivity index (χ0n) is 19.0. The first-order chi connectivity index (χ1) is 14.7. The van der Waals surface area contributed by atoms with E-state index >= 15 is 0 Å². The minimum absolute atomic E-state index is 0.0887. The topological polar surface area (TPSA) is 74.4 Å². The van der Waals surface area contributed by atoms with Gasteiger partial charge in [0.15, 0.2) is 5.43 Å². The van der Waals surface area contributed by atoms with E-state index in [1.807, 2.05) is 20.8 Å². The van der Waals surface area contributed by atoms with Crippen molar-refractivity contribution in [2.45, 2.75) is 65.1 Å². The lowest BCUT2D eigenvalue weighted by molar-refractivity contribution is 0.0945. The van der Waals surface area contributed by atoms with Crippen LogP contribution < -0.4 is 15.5 Å². The number of aromatic amines is 1. The van der Waals surface area contributed by atoms with Crippen molar-refractivity contribution >= 4 is 17.5 Å². The van der Waals surface area contributed by atoms with Crippen molar-refractivity contribution in [1.82, 2.24) is 15.2 Å². The number of halogens is 1. The molecule has 1 aliphatic carbocycles. The van der Waals surface area contributed by atoms with Gasteiger partial charge in [0, 0.05) is 51.8 Å². The first-order valence-electron chi connectivity index (χ1n) is 10.8. The number of carbonyl (C=O) groups is 1. The summed E-state index contributed by atoms with van der Waals surface area (Å²) in [4.78, 5) is 30.6. The molecule has 1 aromatic heterocycles. The molecule has 0 atom stereocenters. The lowest BCUT2D eigenvalue weighted by Gasteiger charge is -2.33. The van der Waals surface area contributed by atoms with Crippen molar-refractivity contribution in [3.8, 4) is 5.75 Å². The summed E-state index contributed by atoms with van der Waals surface area (Å²) >= 11 is 6.31. The SMILES string of the molecule is Cc1cc(=O)c(CNC(=O)c2cc(Cl)cc(OC3CCC(N(C)C)CC3)c2C)c(C)[nH]1. The third-order valence-corrected chi connectivity index (χ3v) is 6.36. The number of carbonyl (C=O) groups excluding carboxylic acids is 1. The number of aryl methyl sites for hydroxylation is 2. The van der Waals surface area contributed by atoms with Gasteiger partial charge in [-0.2, -0.15) is 0 Å². The van der Waals surface area contributed by atoms with E-state index in [9.17, 15) is 9.59 Å². The molecule has 3 rings (SSSR count). The maximum Gasteiger partial charge on any atom is 0.252 e. The molecule has 0 aliphatic heterocycles. The van der Waals surface area contributed by atoms with Gasteiger partial charge in [0.25, 0.3) is 5.91 Å². The standard InChI is InChI=1S/C24H32ClN3O3/c1-14-10-22(29)21(16(3)27-14)13-26-24(30)20-11-17(25)12-23(15(20)2)31-19-8-6-18(7-9-19)28(4)5/h10-12,18-19H,6-9,13H2,1-5H3,(H,26,30)(H,27,29). The summed E-state index contributed by atoms with van der Waals surface area (Å²) in [7, 11) is 4.23. The van der Waals surface area contributed by atoms with Gasteiger partial charge < -0.3 is 19.9 Å². The van der Waals surface area contributed by atoms with E-state index in [2.05, 4.69) is 29.3 Å². The number of nitrogens with one attached hydrogen (secondary N) is 2. The Morgan fingerprint density at radius 3 is 2.45 bits per heavy atom. The molecule has 0 saturated heterocycles. The highest BCUT2D eigenvalue weighted by Crippen LogP contribution is 2.31. The molecule has 168 valence electrons. The minimum atomic E-state index is -0.277. The van der Waals surface area contributed by atoms with Crippen LogP contribution in [-0.4, -0.2) is 42.0 Å². The molecule has 2 N–H and O–H groups in total. The Bertz CT molecular complexity index is 1010. The molecule has 0 radical (unpaired) electrons. The largest absolute Gasteiger partial charge is 0.490 e. The average Bonchev–Trinajstić information content (AvgIpc) is 2.69. The predicted molar refractivity (Wildman–Crippen MR) is 124 cm³/mol. The Morgan fingerprint density at radius 1 is 1.16 bits per heavy atom. The first kappa shape index (κ1) is 23.4. The van der Waals surface area contributed by atoms with Crippen LogP contribution in [0.25, 0.3) is 0 Å². The van der Waals surface area contributed by atoms with Crippen molar-refractivity contribution in [2.24, 2.45) is 0 Å². The third-order valence-electron chi connectivity index (χ3n) is 6.15. The fourth-order valence-corrected chi connectivity index (χ4v) is 4.44. The second kappa shape index (κ2) is 9.88. The molecule has 0 spiro atoms. The number of rotatable bonds is 6. The van der Waals surface area contributed by atoms with Crippen LogP contribution in [0.1, 0.15) is 58.6 Å². The fourth-order valence-electron chi connectivity index (χ4n) is 4.23.